The predicted molar refractivity (Wildman–Crippen MR) is 103 cm³/mol. The van der Waals surface area contributed by atoms with Gasteiger partial charge in [-0.1, -0.05) is 18.5 Å². The minimum absolute atomic E-state index is 0.0544. The fourth-order valence-electron chi connectivity index (χ4n) is 3.10. The van der Waals surface area contributed by atoms with Crippen LogP contribution in [0.4, 0.5) is 10.1 Å². The van der Waals surface area contributed by atoms with Gasteiger partial charge in [-0.25, -0.2) is 12.8 Å². The maximum atomic E-state index is 13.2. The van der Waals surface area contributed by atoms with Crippen molar-refractivity contribution in [1.82, 2.24) is 4.90 Å². The Labute approximate surface area is 163 Å². The second-order valence-corrected chi connectivity index (χ2v) is 8.85. The summed E-state index contributed by atoms with van der Waals surface area (Å²) < 4.78 is 40.4. The lowest BCUT2D eigenvalue weighted by atomic mass is 9.99. The lowest BCUT2D eigenvalue weighted by Gasteiger charge is -2.31. The van der Waals surface area contributed by atoms with E-state index in [9.17, 15) is 17.6 Å². The molecule has 0 unspecified atom stereocenters. The Morgan fingerprint density at radius 2 is 1.93 bits per heavy atom. The normalized spacial score (nSPS) is 17.6. The molecule has 1 atom stereocenters. The molecule has 2 aromatic rings. The monoisotopic (exact) mass is 410 g/mol. The first kappa shape index (κ1) is 19.6. The molecule has 1 fully saturated rings. The van der Waals surface area contributed by atoms with E-state index in [0.29, 0.717) is 17.2 Å². The average Bonchev–Trinajstić information content (AvgIpc) is 2.63. The lowest BCUT2D eigenvalue weighted by Crippen LogP contribution is -2.39. The molecule has 3 rings (SSSR count). The SMILES string of the molecule is C[C@@H]1CCCN(C(=O)c2ccc(NS(=O)(=O)c3ccc(F)c(Cl)c3)cc2)C1. The van der Waals surface area contributed by atoms with Crippen LogP contribution < -0.4 is 4.72 Å². The van der Waals surface area contributed by atoms with Gasteiger partial charge in [0.05, 0.1) is 9.92 Å². The number of nitrogens with zero attached hydrogens (tertiary/aromatic N) is 1. The largest absolute Gasteiger partial charge is 0.338 e. The van der Waals surface area contributed by atoms with Crippen LogP contribution in [0.3, 0.4) is 0 Å². The van der Waals surface area contributed by atoms with Crippen molar-refractivity contribution in [3.05, 3.63) is 58.9 Å². The first-order chi connectivity index (χ1) is 12.8. The fraction of sp³-hybridized carbons (Fsp3) is 0.316. The van der Waals surface area contributed by atoms with Gasteiger partial charge in [-0.3, -0.25) is 9.52 Å². The Bertz CT molecular complexity index is 948. The third kappa shape index (κ3) is 4.59. The average molecular weight is 411 g/mol. The number of halogens is 2. The number of carbonyl (C=O) groups excluding carboxylic acids is 1. The molecule has 27 heavy (non-hydrogen) atoms. The fourth-order valence-corrected chi connectivity index (χ4v) is 4.43. The first-order valence-corrected chi connectivity index (χ1v) is 10.5. The molecule has 0 bridgehead atoms. The summed E-state index contributed by atoms with van der Waals surface area (Å²) in [6.07, 6.45) is 2.11. The highest BCUT2D eigenvalue weighted by Crippen LogP contribution is 2.23. The summed E-state index contributed by atoms with van der Waals surface area (Å²) in [5.74, 6) is -0.261. The van der Waals surface area contributed by atoms with Crippen molar-refractivity contribution in [2.75, 3.05) is 17.8 Å². The van der Waals surface area contributed by atoms with E-state index in [4.69, 9.17) is 11.6 Å². The summed E-state index contributed by atoms with van der Waals surface area (Å²) >= 11 is 5.65. The highest BCUT2D eigenvalue weighted by atomic mass is 35.5. The van der Waals surface area contributed by atoms with Gasteiger partial charge >= 0.3 is 0 Å². The molecule has 0 aliphatic carbocycles. The number of anilines is 1. The number of amides is 1. The lowest BCUT2D eigenvalue weighted by molar-refractivity contribution is 0.0683. The smallest absolute Gasteiger partial charge is 0.261 e. The molecule has 1 heterocycles. The van der Waals surface area contributed by atoms with Gasteiger partial charge in [0.1, 0.15) is 5.82 Å². The number of hydrogen-bond acceptors (Lipinski definition) is 3. The Kier molecular flexibility index (Phi) is 5.72. The van der Waals surface area contributed by atoms with Crippen LogP contribution in [0.2, 0.25) is 5.02 Å². The number of carbonyl (C=O) groups is 1. The number of nitrogens with one attached hydrogen (secondary N) is 1. The van der Waals surface area contributed by atoms with Gasteiger partial charge in [0.25, 0.3) is 15.9 Å². The molecule has 1 aliphatic heterocycles. The predicted octanol–water partition coefficient (Wildman–Crippen LogP) is 4.15. The Morgan fingerprint density at radius 3 is 2.56 bits per heavy atom. The van der Waals surface area contributed by atoms with Gasteiger partial charge in [0, 0.05) is 24.3 Å². The number of hydrogen-bond donors (Lipinski definition) is 1. The molecule has 2 aromatic carbocycles. The van der Waals surface area contributed by atoms with Gasteiger partial charge in [0.15, 0.2) is 0 Å². The van der Waals surface area contributed by atoms with Crippen LogP contribution >= 0.6 is 11.6 Å². The van der Waals surface area contributed by atoms with E-state index in [-0.39, 0.29) is 15.8 Å². The maximum Gasteiger partial charge on any atom is 0.261 e. The molecule has 1 aliphatic rings. The van der Waals surface area contributed by atoms with Crippen LogP contribution in [-0.4, -0.2) is 32.3 Å². The molecule has 0 saturated carbocycles. The number of benzene rings is 2. The highest BCUT2D eigenvalue weighted by Gasteiger charge is 2.22. The minimum Gasteiger partial charge on any atom is -0.338 e. The topological polar surface area (TPSA) is 66.5 Å². The van der Waals surface area contributed by atoms with Gasteiger partial charge in [-0.05, 0) is 61.2 Å². The second kappa shape index (κ2) is 7.86. The maximum absolute atomic E-state index is 13.2. The zero-order valence-electron chi connectivity index (χ0n) is 14.8. The van der Waals surface area contributed by atoms with Crippen molar-refractivity contribution in [1.29, 1.82) is 0 Å². The summed E-state index contributed by atoms with van der Waals surface area (Å²) in [7, 11) is -3.91. The quantitative estimate of drug-likeness (QED) is 0.823. The van der Waals surface area contributed by atoms with E-state index < -0.39 is 15.8 Å². The molecule has 0 radical (unpaired) electrons. The third-order valence-corrected chi connectivity index (χ3v) is 6.20. The molecule has 0 aromatic heterocycles. The van der Waals surface area contributed by atoms with Crippen molar-refractivity contribution < 1.29 is 17.6 Å². The van der Waals surface area contributed by atoms with Gasteiger partial charge in [-0.15, -0.1) is 0 Å². The summed E-state index contributed by atoms with van der Waals surface area (Å²) in [5, 5.41) is -0.269. The Morgan fingerprint density at radius 1 is 1.22 bits per heavy atom. The van der Waals surface area contributed by atoms with E-state index in [1.54, 1.807) is 12.1 Å². The molecule has 1 N–H and O–H groups in total. The van der Waals surface area contributed by atoms with Gasteiger partial charge in [0.2, 0.25) is 0 Å². The number of rotatable bonds is 4. The molecule has 0 spiro atoms. The van der Waals surface area contributed by atoms with Gasteiger partial charge in [-0.2, -0.15) is 0 Å². The van der Waals surface area contributed by atoms with Crippen LogP contribution in [0.5, 0.6) is 0 Å². The molecule has 144 valence electrons. The van der Waals surface area contributed by atoms with Gasteiger partial charge < -0.3 is 4.90 Å². The number of likely N-dealkylation sites (tertiary alicyclic amines) is 1. The van der Waals surface area contributed by atoms with Crippen LogP contribution in [0.15, 0.2) is 47.4 Å². The van der Waals surface area contributed by atoms with Crippen molar-refractivity contribution in [2.45, 2.75) is 24.7 Å². The number of piperidine rings is 1. The van der Waals surface area contributed by atoms with Crippen molar-refractivity contribution in [3.8, 4) is 0 Å². The van der Waals surface area contributed by atoms with E-state index >= 15 is 0 Å². The standard InChI is InChI=1S/C19H20ClFN2O3S/c1-13-3-2-10-23(12-13)19(24)14-4-6-15(7-5-14)22-27(25,26)16-8-9-18(21)17(20)11-16/h4-9,11,13,22H,2-3,10,12H2,1H3/t13-/m1/s1. The second-order valence-electron chi connectivity index (χ2n) is 6.76. The highest BCUT2D eigenvalue weighted by molar-refractivity contribution is 7.92. The minimum atomic E-state index is -3.91. The van der Waals surface area contributed by atoms with Crippen molar-refractivity contribution in [3.63, 3.8) is 0 Å². The molecular formula is C19H20ClFN2O3S. The zero-order chi connectivity index (χ0) is 19.6. The summed E-state index contributed by atoms with van der Waals surface area (Å²) in [4.78, 5) is 14.3. The molecule has 5 nitrogen and oxygen atoms in total. The first-order valence-electron chi connectivity index (χ1n) is 8.63. The van der Waals surface area contributed by atoms with Crippen LogP contribution in [0.25, 0.3) is 0 Å². The van der Waals surface area contributed by atoms with E-state index in [0.717, 1.165) is 44.1 Å². The molecule has 8 heteroatoms. The van der Waals surface area contributed by atoms with E-state index in [1.807, 2.05) is 4.90 Å². The summed E-state index contributed by atoms with van der Waals surface area (Å²) in [6, 6.07) is 9.44. The van der Waals surface area contributed by atoms with E-state index in [2.05, 4.69) is 11.6 Å². The molecular weight excluding hydrogens is 391 g/mol. The van der Waals surface area contributed by atoms with Crippen LogP contribution in [-0.2, 0) is 10.0 Å². The van der Waals surface area contributed by atoms with Crippen LogP contribution in [0.1, 0.15) is 30.1 Å². The Hall–Kier alpha value is -2.12. The van der Waals surface area contributed by atoms with Crippen LogP contribution in [0, 0.1) is 11.7 Å². The van der Waals surface area contributed by atoms with Crippen molar-refractivity contribution in [2.24, 2.45) is 5.92 Å². The third-order valence-electron chi connectivity index (χ3n) is 4.53. The molecule has 1 amide bonds. The van der Waals surface area contributed by atoms with E-state index in [1.165, 1.54) is 12.1 Å². The zero-order valence-corrected chi connectivity index (χ0v) is 16.4. The summed E-state index contributed by atoms with van der Waals surface area (Å²) in [6.45, 7) is 3.60. The Balaban J connectivity index is 1.73. The van der Waals surface area contributed by atoms with Crippen molar-refractivity contribution >= 4 is 33.2 Å². The molecule has 1 saturated heterocycles. The summed E-state index contributed by atoms with van der Waals surface area (Å²) in [5.41, 5.74) is 0.816. The number of sulfonamides is 1.